The van der Waals surface area contributed by atoms with Crippen molar-refractivity contribution in [2.75, 3.05) is 29.6 Å². The van der Waals surface area contributed by atoms with E-state index in [2.05, 4.69) is 29.5 Å². The molecule has 8 nitrogen and oxygen atoms in total. The van der Waals surface area contributed by atoms with Crippen molar-refractivity contribution in [1.82, 2.24) is 14.8 Å². The van der Waals surface area contributed by atoms with Crippen LogP contribution in [0.3, 0.4) is 0 Å². The van der Waals surface area contributed by atoms with Crippen molar-refractivity contribution in [2.24, 2.45) is 0 Å². The lowest BCUT2D eigenvalue weighted by atomic mass is 9.94. The highest BCUT2D eigenvalue weighted by molar-refractivity contribution is 7.99. The highest BCUT2D eigenvalue weighted by Gasteiger charge is 2.35. The SMILES string of the molecule is CCCCCOc1ccc(C2C(C(=O)Nc3cccc(C)c3)=C(C)Nc3nc(SCC)nn32)cc1OCC. The number of nitrogens with zero attached hydrogens (tertiary/aromatic N) is 3. The third kappa shape index (κ3) is 6.32. The molecule has 4 rings (SSSR count). The van der Waals surface area contributed by atoms with Gasteiger partial charge in [0.1, 0.15) is 6.04 Å². The largest absolute Gasteiger partial charge is 0.490 e. The molecule has 0 aliphatic carbocycles. The topological polar surface area (TPSA) is 90.3 Å². The molecule has 3 aromatic rings. The van der Waals surface area contributed by atoms with Gasteiger partial charge in [0.05, 0.1) is 18.8 Å². The number of benzene rings is 2. The van der Waals surface area contributed by atoms with Crippen molar-refractivity contribution in [1.29, 1.82) is 0 Å². The molecule has 0 radical (unpaired) electrons. The van der Waals surface area contributed by atoms with Crippen molar-refractivity contribution < 1.29 is 14.3 Å². The molecule has 0 saturated heterocycles. The molecule has 202 valence electrons. The van der Waals surface area contributed by atoms with Gasteiger partial charge in [0.15, 0.2) is 11.5 Å². The van der Waals surface area contributed by atoms with E-state index < -0.39 is 6.04 Å². The Balaban J connectivity index is 1.74. The molecule has 0 saturated carbocycles. The Morgan fingerprint density at radius 2 is 1.92 bits per heavy atom. The smallest absolute Gasteiger partial charge is 0.255 e. The minimum Gasteiger partial charge on any atom is -0.490 e. The first-order chi connectivity index (χ1) is 18.4. The van der Waals surface area contributed by atoms with Gasteiger partial charge < -0.3 is 20.1 Å². The van der Waals surface area contributed by atoms with E-state index in [9.17, 15) is 4.79 Å². The predicted octanol–water partition coefficient (Wildman–Crippen LogP) is 6.59. The third-order valence-corrected chi connectivity index (χ3v) is 6.94. The van der Waals surface area contributed by atoms with Crippen LogP contribution in [-0.2, 0) is 4.79 Å². The molecule has 9 heteroatoms. The van der Waals surface area contributed by atoms with E-state index in [1.165, 1.54) is 0 Å². The van der Waals surface area contributed by atoms with Crippen LogP contribution < -0.4 is 20.1 Å². The van der Waals surface area contributed by atoms with Crippen molar-refractivity contribution in [3.8, 4) is 11.5 Å². The lowest BCUT2D eigenvalue weighted by molar-refractivity contribution is -0.113. The lowest BCUT2D eigenvalue weighted by Crippen LogP contribution is -2.31. The number of ether oxygens (including phenoxy) is 2. The van der Waals surface area contributed by atoms with Crippen LogP contribution in [0, 0.1) is 6.92 Å². The Hall–Kier alpha value is -3.46. The minimum atomic E-state index is -0.497. The molecule has 1 aromatic heterocycles. The molecule has 0 bridgehead atoms. The number of hydrogen-bond acceptors (Lipinski definition) is 7. The van der Waals surface area contributed by atoms with Crippen LogP contribution in [0.15, 0.2) is 58.9 Å². The number of carbonyl (C=O) groups is 1. The van der Waals surface area contributed by atoms with Gasteiger partial charge in [0.2, 0.25) is 11.1 Å². The number of allylic oxidation sites excluding steroid dienone is 1. The molecular weight excluding hydrogens is 498 g/mol. The van der Waals surface area contributed by atoms with E-state index in [0.717, 1.165) is 47.5 Å². The number of thioether (sulfide) groups is 1. The van der Waals surface area contributed by atoms with Gasteiger partial charge in [0.25, 0.3) is 5.91 Å². The van der Waals surface area contributed by atoms with Crippen LogP contribution in [0.1, 0.15) is 64.1 Å². The Labute approximate surface area is 229 Å². The Morgan fingerprint density at radius 3 is 2.66 bits per heavy atom. The Kier molecular flexibility index (Phi) is 9.33. The van der Waals surface area contributed by atoms with Crippen molar-refractivity contribution in [2.45, 2.75) is 65.1 Å². The second kappa shape index (κ2) is 12.9. The van der Waals surface area contributed by atoms with Gasteiger partial charge in [-0.3, -0.25) is 4.79 Å². The molecule has 2 N–H and O–H groups in total. The zero-order chi connectivity index (χ0) is 27.1. The van der Waals surface area contributed by atoms with E-state index in [-0.39, 0.29) is 5.91 Å². The van der Waals surface area contributed by atoms with E-state index in [4.69, 9.17) is 14.6 Å². The summed E-state index contributed by atoms with van der Waals surface area (Å²) in [5.41, 5.74) is 3.97. The summed E-state index contributed by atoms with van der Waals surface area (Å²) in [5.74, 6) is 2.61. The number of amides is 1. The normalized spacial score (nSPS) is 14.6. The monoisotopic (exact) mass is 535 g/mol. The van der Waals surface area contributed by atoms with Crippen LogP contribution in [0.4, 0.5) is 11.6 Å². The molecule has 1 atom stereocenters. The fourth-order valence-electron chi connectivity index (χ4n) is 4.46. The van der Waals surface area contributed by atoms with Crippen molar-refractivity contribution >= 4 is 29.3 Å². The number of nitrogens with one attached hydrogen (secondary N) is 2. The number of rotatable bonds is 12. The molecule has 1 unspecified atom stereocenters. The average molecular weight is 536 g/mol. The summed E-state index contributed by atoms with van der Waals surface area (Å²) >= 11 is 1.56. The van der Waals surface area contributed by atoms with Crippen LogP contribution >= 0.6 is 11.8 Å². The molecule has 1 aliphatic rings. The molecule has 2 aromatic carbocycles. The highest BCUT2D eigenvalue weighted by Crippen LogP contribution is 2.40. The fraction of sp³-hybridized carbons (Fsp3) is 0.414. The second-order valence-electron chi connectivity index (χ2n) is 9.18. The average Bonchev–Trinajstić information content (AvgIpc) is 3.28. The zero-order valence-electron chi connectivity index (χ0n) is 22.8. The standard InChI is InChI=1S/C29H37N5O3S/c1-6-9-10-16-37-23-15-14-21(18-24(23)36-7-2)26-25(27(35)31-22-13-11-12-19(4)17-22)20(5)30-28-32-29(38-8-3)33-34(26)28/h11-15,17-18,26H,6-10,16H2,1-5H3,(H,31,35)(H,30,32,33). The number of fused-ring (bicyclic) bond motifs is 1. The maximum atomic E-state index is 13.8. The van der Waals surface area contributed by atoms with E-state index in [0.29, 0.717) is 41.4 Å². The summed E-state index contributed by atoms with van der Waals surface area (Å²) in [6.07, 6.45) is 3.24. The van der Waals surface area contributed by atoms with Gasteiger partial charge in [-0.25, -0.2) is 4.68 Å². The maximum absolute atomic E-state index is 13.8. The summed E-state index contributed by atoms with van der Waals surface area (Å²) in [6.45, 7) is 11.2. The number of carbonyl (C=O) groups excluding carboxylic acids is 1. The Morgan fingerprint density at radius 1 is 1.08 bits per heavy atom. The lowest BCUT2D eigenvalue weighted by Gasteiger charge is -2.29. The minimum absolute atomic E-state index is 0.200. The summed E-state index contributed by atoms with van der Waals surface area (Å²) in [4.78, 5) is 18.4. The maximum Gasteiger partial charge on any atom is 0.255 e. The predicted molar refractivity (Wildman–Crippen MR) is 153 cm³/mol. The summed E-state index contributed by atoms with van der Waals surface area (Å²) in [5, 5.41) is 11.8. The van der Waals surface area contributed by atoms with Crippen LogP contribution in [-0.4, -0.2) is 39.6 Å². The molecule has 2 heterocycles. The zero-order valence-corrected chi connectivity index (χ0v) is 23.7. The molecule has 0 spiro atoms. The quantitative estimate of drug-likeness (QED) is 0.200. The number of unbranched alkanes of at least 4 members (excludes halogenated alkanes) is 2. The van der Waals surface area contributed by atoms with Gasteiger partial charge in [-0.15, -0.1) is 5.10 Å². The van der Waals surface area contributed by atoms with Gasteiger partial charge in [-0.05, 0) is 68.3 Å². The fourth-order valence-corrected chi connectivity index (χ4v) is 5.02. The molecule has 38 heavy (non-hydrogen) atoms. The van der Waals surface area contributed by atoms with Gasteiger partial charge in [-0.1, -0.05) is 56.7 Å². The van der Waals surface area contributed by atoms with Crippen LogP contribution in [0.5, 0.6) is 11.5 Å². The summed E-state index contributed by atoms with van der Waals surface area (Å²) in [6, 6.07) is 13.1. The molecule has 0 fully saturated rings. The van der Waals surface area contributed by atoms with E-state index in [1.807, 2.05) is 63.2 Å². The first kappa shape index (κ1) is 27.6. The van der Waals surface area contributed by atoms with Gasteiger partial charge in [-0.2, -0.15) is 4.98 Å². The van der Waals surface area contributed by atoms with E-state index in [1.54, 1.807) is 16.4 Å². The summed E-state index contributed by atoms with van der Waals surface area (Å²) in [7, 11) is 0. The number of aryl methyl sites for hydroxylation is 1. The molecule has 1 aliphatic heterocycles. The van der Waals surface area contributed by atoms with Gasteiger partial charge >= 0.3 is 0 Å². The van der Waals surface area contributed by atoms with Crippen LogP contribution in [0.25, 0.3) is 0 Å². The van der Waals surface area contributed by atoms with E-state index >= 15 is 0 Å². The third-order valence-electron chi connectivity index (χ3n) is 6.22. The number of aromatic nitrogens is 3. The molecule has 1 amide bonds. The Bertz CT molecular complexity index is 1300. The number of anilines is 2. The summed E-state index contributed by atoms with van der Waals surface area (Å²) < 4.78 is 13.8. The first-order valence-electron chi connectivity index (χ1n) is 13.3. The van der Waals surface area contributed by atoms with Gasteiger partial charge in [0, 0.05) is 11.4 Å². The highest BCUT2D eigenvalue weighted by atomic mass is 32.2. The van der Waals surface area contributed by atoms with Crippen LogP contribution in [0.2, 0.25) is 0 Å². The number of hydrogen-bond donors (Lipinski definition) is 2. The van der Waals surface area contributed by atoms with Crippen molar-refractivity contribution in [3.63, 3.8) is 0 Å². The second-order valence-corrected chi connectivity index (χ2v) is 10.4. The first-order valence-corrected chi connectivity index (χ1v) is 14.3. The van der Waals surface area contributed by atoms with Crippen molar-refractivity contribution in [3.05, 3.63) is 64.9 Å². The molecular formula is C29H37N5O3S.